The molecule has 1 N–H and O–H groups in total. The van der Waals surface area contributed by atoms with E-state index in [4.69, 9.17) is 11.5 Å². The van der Waals surface area contributed by atoms with Gasteiger partial charge in [-0.05, 0) is 0 Å². The van der Waals surface area contributed by atoms with Gasteiger partial charge in [-0.25, -0.2) is 0 Å². The molecule has 0 amide bonds. The van der Waals surface area contributed by atoms with Gasteiger partial charge in [0.1, 0.15) is 0 Å². The van der Waals surface area contributed by atoms with Crippen LogP contribution in [0, 0.1) is 12.3 Å². The van der Waals surface area contributed by atoms with Gasteiger partial charge in [-0.15, -0.1) is 19.1 Å². The standard InChI is InChI=1S/C6H10OS2/c1-3-6(7,9)4-5(2)8/h1,5,7-9H,4H2,2H3. The van der Waals surface area contributed by atoms with Gasteiger partial charge in [-0.3, -0.25) is 0 Å². The SMILES string of the molecule is C#CC(O)(S)CC(C)S. The molecule has 0 aliphatic heterocycles. The van der Waals surface area contributed by atoms with E-state index in [0.717, 1.165) is 0 Å². The van der Waals surface area contributed by atoms with Gasteiger partial charge in [0.15, 0.2) is 4.93 Å². The van der Waals surface area contributed by atoms with Crippen LogP contribution in [-0.2, 0) is 0 Å². The summed E-state index contributed by atoms with van der Waals surface area (Å²) in [5.74, 6) is 2.14. The minimum atomic E-state index is -1.29. The molecule has 0 aromatic rings. The maximum Gasteiger partial charge on any atom is 0.170 e. The molecule has 0 fully saturated rings. The third kappa shape index (κ3) is 4.71. The van der Waals surface area contributed by atoms with Crippen molar-refractivity contribution in [2.75, 3.05) is 0 Å². The number of aliphatic hydroxyl groups is 1. The van der Waals surface area contributed by atoms with Gasteiger partial charge in [0.05, 0.1) is 0 Å². The van der Waals surface area contributed by atoms with E-state index in [1.807, 2.05) is 6.92 Å². The van der Waals surface area contributed by atoms with E-state index in [9.17, 15) is 0 Å². The second-order valence-electron chi connectivity index (χ2n) is 2.01. The number of hydrogen-bond donors (Lipinski definition) is 3. The smallest absolute Gasteiger partial charge is 0.170 e. The van der Waals surface area contributed by atoms with Crippen LogP contribution in [0.25, 0.3) is 0 Å². The van der Waals surface area contributed by atoms with Gasteiger partial charge < -0.3 is 5.11 Å². The molecule has 0 bridgehead atoms. The maximum atomic E-state index is 9.07. The van der Waals surface area contributed by atoms with Gasteiger partial charge >= 0.3 is 0 Å². The first-order chi connectivity index (χ1) is 3.98. The van der Waals surface area contributed by atoms with Crippen molar-refractivity contribution < 1.29 is 5.11 Å². The summed E-state index contributed by atoms with van der Waals surface area (Å²) in [6.07, 6.45) is 5.34. The highest BCUT2D eigenvalue weighted by Gasteiger charge is 2.19. The van der Waals surface area contributed by atoms with Crippen LogP contribution < -0.4 is 0 Å². The highest BCUT2D eigenvalue weighted by Crippen LogP contribution is 2.18. The Bertz CT molecular complexity index is 124. The van der Waals surface area contributed by atoms with Crippen molar-refractivity contribution in [2.24, 2.45) is 0 Å². The van der Waals surface area contributed by atoms with Crippen molar-refractivity contribution in [1.29, 1.82) is 0 Å². The Morgan fingerprint density at radius 2 is 2.33 bits per heavy atom. The van der Waals surface area contributed by atoms with Gasteiger partial charge in [-0.2, -0.15) is 12.6 Å². The van der Waals surface area contributed by atoms with Crippen LogP contribution in [0.4, 0.5) is 0 Å². The maximum absolute atomic E-state index is 9.07. The molecular formula is C6H10OS2. The van der Waals surface area contributed by atoms with Gasteiger partial charge in [0.25, 0.3) is 0 Å². The zero-order valence-electron chi connectivity index (χ0n) is 5.20. The molecule has 1 nitrogen and oxygen atoms in total. The normalized spacial score (nSPS) is 19.9. The average Bonchev–Trinajstić information content (AvgIpc) is 1.63. The lowest BCUT2D eigenvalue weighted by Gasteiger charge is -2.16. The van der Waals surface area contributed by atoms with Crippen molar-refractivity contribution in [3.63, 3.8) is 0 Å². The number of terminal acetylenes is 1. The van der Waals surface area contributed by atoms with E-state index in [2.05, 4.69) is 31.2 Å². The fourth-order valence-electron chi connectivity index (χ4n) is 0.471. The van der Waals surface area contributed by atoms with Crippen molar-refractivity contribution in [2.45, 2.75) is 23.5 Å². The van der Waals surface area contributed by atoms with Gasteiger partial charge in [0, 0.05) is 11.7 Å². The zero-order chi connectivity index (χ0) is 7.49. The molecule has 52 valence electrons. The molecule has 0 spiro atoms. The Balaban J connectivity index is 3.76. The molecule has 0 aliphatic carbocycles. The topological polar surface area (TPSA) is 20.2 Å². The summed E-state index contributed by atoms with van der Waals surface area (Å²) in [6, 6.07) is 0. The Hall–Kier alpha value is 0.220. The summed E-state index contributed by atoms with van der Waals surface area (Å²) in [4.78, 5) is -1.29. The monoisotopic (exact) mass is 162 g/mol. The van der Waals surface area contributed by atoms with Crippen LogP contribution in [0.2, 0.25) is 0 Å². The second-order valence-corrected chi connectivity index (χ2v) is 3.64. The van der Waals surface area contributed by atoms with Crippen molar-refractivity contribution in [3.8, 4) is 12.3 Å². The Kier molecular flexibility index (Phi) is 3.49. The summed E-state index contributed by atoms with van der Waals surface area (Å²) < 4.78 is 0. The van der Waals surface area contributed by atoms with E-state index in [-0.39, 0.29) is 5.25 Å². The van der Waals surface area contributed by atoms with Gasteiger partial charge in [-0.1, -0.05) is 12.8 Å². The highest BCUT2D eigenvalue weighted by molar-refractivity contribution is 7.82. The summed E-state index contributed by atoms with van der Waals surface area (Å²) in [5.41, 5.74) is 0. The van der Waals surface area contributed by atoms with Crippen LogP contribution in [0.15, 0.2) is 0 Å². The first-order valence-electron chi connectivity index (χ1n) is 2.58. The lowest BCUT2D eigenvalue weighted by Crippen LogP contribution is -2.21. The number of thiol groups is 2. The van der Waals surface area contributed by atoms with E-state index in [0.29, 0.717) is 6.42 Å². The first kappa shape index (κ1) is 9.22. The average molecular weight is 162 g/mol. The molecule has 9 heavy (non-hydrogen) atoms. The molecule has 0 rings (SSSR count). The summed E-state index contributed by atoms with van der Waals surface area (Å²) >= 11 is 7.84. The summed E-state index contributed by atoms with van der Waals surface area (Å²) in [5, 5.41) is 9.15. The lowest BCUT2D eigenvalue weighted by atomic mass is 10.2. The van der Waals surface area contributed by atoms with Crippen molar-refractivity contribution in [1.82, 2.24) is 0 Å². The van der Waals surface area contributed by atoms with E-state index in [1.165, 1.54) is 0 Å². The highest BCUT2D eigenvalue weighted by atomic mass is 32.1. The molecule has 0 heterocycles. The van der Waals surface area contributed by atoms with Crippen LogP contribution in [0.1, 0.15) is 13.3 Å². The predicted octanol–water partition coefficient (Wildman–Crippen LogP) is 0.946. The quantitative estimate of drug-likeness (QED) is 0.314. The van der Waals surface area contributed by atoms with E-state index in [1.54, 1.807) is 0 Å². The molecule has 0 saturated heterocycles. The summed E-state index contributed by atoms with van der Waals surface area (Å²) in [7, 11) is 0. The molecule has 0 aliphatic rings. The molecule has 2 atom stereocenters. The van der Waals surface area contributed by atoms with Crippen LogP contribution in [0.5, 0.6) is 0 Å². The molecule has 2 unspecified atom stereocenters. The third-order valence-corrected chi connectivity index (χ3v) is 1.31. The fraction of sp³-hybridized carbons (Fsp3) is 0.667. The fourth-order valence-corrected chi connectivity index (χ4v) is 1.15. The number of rotatable bonds is 2. The molecular weight excluding hydrogens is 152 g/mol. The molecule has 0 aromatic carbocycles. The third-order valence-electron chi connectivity index (χ3n) is 0.811. The van der Waals surface area contributed by atoms with E-state index < -0.39 is 4.93 Å². The lowest BCUT2D eigenvalue weighted by molar-refractivity contribution is 0.190. The number of hydrogen-bond acceptors (Lipinski definition) is 3. The van der Waals surface area contributed by atoms with Crippen molar-refractivity contribution >= 4 is 25.3 Å². The van der Waals surface area contributed by atoms with Gasteiger partial charge in [0.2, 0.25) is 0 Å². The minimum Gasteiger partial charge on any atom is -0.369 e. The Morgan fingerprint density at radius 1 is 1.89 bits per heavy atom. The largest absolute Gasteiger partial charge is 0.369 e. The predicted molar refractivity (Wildman–Crippen MR) is 45.8 cm³/mol. The minimum absolute atomic E-state index is 0.0727. The molecule has 0 radical (unpaired) electrons. The molecule has 0 aromatic heterocycles. The Morgan fingerprint density at radius 3 is 2.44 bits per heavy atom. The molecule has 3 heteroatoms. The van der Waals surface area contributed by atoms with E-state index >= 15 is 0 Å². The van der Waals surface area contributed by atoms with Crippen LogP contribution in [-0.4, -0.2) is 15.3 Å². The zero-order valence-corrected chi connectivity index (χ0v) is 6.99. The van der Waals surface area contributed by atoms with Crippen molar-refractivity contribution in [3.05, 3.63) is 0 Å². The Labute approximate surface area is 66.7 Å². The summed E-state index contributed by atoms with van der Waals surface area (Å²) in [6.45, 7) is 1.85. The van der Waals surface area contributed by atoms with Crippen LogP contribution >= 0.6 is 25.3 Å². The van der Waals surface area contributed by atoms with Crippen LogP contribution in [0.3, 0.4) is 0 Å². The first-order valence-corrected chi connectivity index (χ1v) is 3.55. The second kappa shape index (κ2) is 3.40. The molecule has 0 saturated carbocycles.